The van der Waals surface area contributed by atoms with E-state index in [2.05, 4.69) is 10.6 Å². The largest absolute Gasteiger partial charge is 0.482 e. The van der Waals surface area contributed by atoms with E-state index in [0.717, 1.165) is 11.1 Å². The van der Waals surface area contributed by atoms with E-state index < -0.39 is 12.6 Å². The zero-order valence-corrected chi connectivity index (χ0v) is 15.2. The Morgan fingerprint density at radius 1 is 1.11 bits per heavy atom. The lowest BCUT2D eigenvalue weighted by atomic mass is 10.1. The summed E-state index contributed by atoms with van der Waals surface area (Å²) in [6.45, 7) is 1.39. The van der Waals surface area contributed by atoms with Gasteiger partial charge < -0.3 is 20.5 Å². The number of hydrogen-bond acceptors (Lipinski definition) is 4. The molecule has 0 bridgehead atoms. The number of anilines is 1. The molecule has 142 valence electrons. The molecular formula is C20H22N2O5. The first-order valence-corrected chi connectivity index (χ1v) is 8.45. The van der Waals surface area contributed by atoms with E-state index in [9.17, 15) is 14.4 Å². The number of carboxylic acids is 1. The van der Waals surface area contributed by atoms with Gasteiger partial charge in [0.05, 0.1) is 0 Å². The van der Waals surface area contributed by atoms with Crippen LogP contribution in [0, 0.1) is 6.92 Å². The van der Waals surface area contributed by atoms with Gasteiger partial charge in [0, 0.05) is 24.7 Å². The molecule has 7 nitrogen and oxygen atoms in total. The molecule has 0 saturated carbocycles. The Labute approximate surface area is 157 Å². The number of carbonyl (C=O) groups excluding carboxylic acids is 2. The van der Waals surface area contributed by atoms with Crippen molar-refractivity contribution in [1.29, 1.82) is 0 Å². The summed E-state index contributed by atoms with van der Waals surface area (Å²) in [5.74, 6) is -0.936. The fourth-order valence-electron chi connectivity index (χ4n) is 2.49. The lowest BCUT2D eigenvalue weighted by molar-refractivity contribution is -0.139. The van der Waals surface area contributed by atoms with Gasteiger partial charge in [0.15, 0.2) is 6.61 Å². The number of aryl methyl sites for hydroxylation is 2. The summed E-state index contributed by atoms with van der Waals surface area (Å²) in [7, 11) is 1.57. The third kappa shape index (κ3) is 6.14. The van der Waals surface area contributed by atoms with Crippen LogP contribution in [0.4, 0.5) is 5.69 Å². The van der Waals surface area contributed by atoms with Crippen LogP contribution >= 0.6 is 0 Å². The van der Waals surface area contributed by atoms with E-state index in [4.69, 9.17) is 9.84 Å². The molecule has 0 aliphatic carbocycles. The lowest BCUT2D eigenvalue weighted by Gasteiger charge is -2.11. The Morgan fingerprint density at radius 3 is 2.56 bits per heavy atom. The van der Waals surface area contributed by atoms with Crippen molar-refractivity contribution in [3.8, 4) is 5.75 Å². The maximum atomic E-state index is 12.2. The van der Waals surface area contributed by atoms with Gasteiger partial charge in [-0.2, -0.15) is 0 Å². The number of hydrogen-bond donors (Lipinski definition) is 3. The van der Waals surface area contributed by atoms with Gasteiger partial charge >= 0.3 is 5.97 Å². The minimum atomic E-state index is -1.05. The molecule has 0 spiro atoms. The standard InChI is InChI=1S/C20H22N2O5/c1-13-10-16(27-12-19(24)25)7-8-17(13)22-18(23)9-6-14-4-3-5-15(11-14)20(26)21-2/h3-5,7-8,10-11H,6,9,12H2,1-2H3,(H,21,26)(H,22,23)(H,24,25). The van der Waals surface area contributed by atoms with Crippen molar-refractivity contribution in [3.05, 3.63) is 59.2 Å². The van der Waals surface area contributed by atoms with Crippen LogP contribution in [0.5, 0.6) is 5.75 Å². The Balaban J connectivity index is 1.92. The van der Waals surface area contributed by atoms with Gasteiger partial charge in [0.2, 0.25) is 5.91 Å². The Bertz CT molecular complexity index is 848. The highest BCUT2D eigenvalue weighted by atomic mass is 16.5. The second-order valence-electron chi connectivity index (χ2n) is 5.99. The summed E-state index contributed by atoms with van der Waals surface area (Å²) in [6.07, 6.45) is 0.781. The first kappa shape index (κ1) is 20.0. The van der Waals surface area contributed by atoms with Crippen LogP contribution in [0.2, 0.25) is 0 Å². The minimum Gasteiger partial charge on any atom is -0.482 e. The maximum absolute atomic E-state index is 12.2. The van der Waals surface area contributed by atoms with Gasteiger partial charge in [-0.1, -0.05) is 12.1 Å². The van der Waals surface area contributed by atoms with Crippen LogP contribution in [0.3, 0.4) is 0 Å². The molecule has 3 N–H and O–H groups in total. The maximum Gasteiger partial charge on any atom is 0.341 e. The molecular weight excluding hydrogens is 348 g/mol. The van der Waals surface area contributed by atoms with Crippen molar-refractivity contribution in [2.45, 2.75) is 19.8 Å². The number of nitrogens with one attached hydrogen (secondary N) is 2. The predicted octanol–water partition coefficient (Wildman–Crippen LogP) is 2.39. The molecule has 0 atom stereocenters. The molecule has 7 heteroatoms. The first-order chi connectivity index (χ1) is 12.9. The Kier molecular flexibility index (Phi) is 6.93. The minimum absolute atomic E-state index is 0.150. The van der Waals surface area contributed by atoms with Gasteiger partial charge in [-0.15, -0.1) is 0 Å². The Morgan fingerprint density at radius 2 is 1.89 bits per heavy atom. The summed E-state index contributed by atoms with van der Waals surface area (Å²) >= 11 is 0. The predicted molar refractivity (Wildman–Crippen MR) is 101 cm³/mol. The third-order valence-corrected chi connectivity index (χ3v) is 3.89. The van der Waals surface area contributed by atoms with E-state index in [-0.39, 0.29) is 18.2 Å². The van der Waals surface area contributed by atoms with Crippen molar-refractivity contribution >= 4 is 23.5 Å². The molecule has 0 aliphatic heterocycles. The number of ether oxygens (including phenoxy) is 1. The van der Waals surface area contributed by atoms with Crippen molar-refractivity contribution in [3.63, 3.8) is 0 Å². The van der Waals surface area contributed by atoms with Gasteiger partial charge in [-0.25, -0.2) is 4.79 Å². The molecule has 0 radical (unpaired) electrons. The van der Waals surface area contributed by atoms with Crippen molar-refractivity contribution in [2.24, 2.45) is 0 Å². The van der Waals surface area contributed by atoms with E-state index >= 15 is 0 Å². The molecule has 0 fully saturated rings. The summed E-state index contributed by atoms with van der Waals surface area (Å²) in [5, 5.41) is 14.0. The van der Waals surface area contributed by atoms with Gasteiger partial charge in [0.1, 0.15) is 5.75 Å². The average molecular weight is 370 g/mol. The highest BCUT2D eigenvalue weighted by Crippen LogP contribution is 2.21. The van der Waals surface area contributed by atoms with E-state index in [1.807, 2.05) is 6.07 Å². The van der Waals surface area contributed by atoms with Gasteiger partial charge in [0.25, 0.3) is 5.91 Å². The fourth-order valence-corrected chi connectivity index (χ4v) is 2.49. The van der Waals surface area contributed by atoms with Crippen LogP contribution in [-0.4, -0.2) is 36.5 Å². The molecule has 27 heavy (non-hydrogen) atoms. The molecule has 0 aliphatic rings. The van der Waals surface area contributed by atoms with Crippen LogP contribution in [-0.2, 0) is 16.0 Å². The molecule has 2 aromatic carbocycles. The summed E-state index contributed by atoms with van der Waals surface area (Å²) in [5.41, 5.74) is 2.87. The molecule has 2 aromatic rings. The summed E-state index contributed by atoms with van der Waals surface area (Å²) in [6, 6.07) is 12.1. The fraction of sp³-hybridized carbons (Fsp3) is 0.250. The van der Waals surface area contributed by atoms with E-state index in [0.29, 0.717) is 23.4 Å². The first-order valence-electron chi connectivity index (χ1n) is 8.45. The third-order valence-electron chi connectivity index (χ3n) is 3.89. The number of amides is 2. The van der Waals surface area contributed by atoms with Crippen LogP contribution < -0.4 is 15.4 Å². The van der Waals surface area contributed by atoms with Crippen LogP contribution in [0.25, 0.3) is 0 Å². The van der Waals surface area contributed by atoms with E-state index in [1.54, 1.807) is 50.4 Å². The summed E-state index contributed by atoms with van der Waals surface area (Å²) < 4.78 is 5.11. The van der Waals surface area contributed by atoms with Crippen molar-refractivity contribution < 1.29 is 24.2 Å². The average Bonchev–Trinajstić information content (AvgIpc) is 2.66. The molecule has 0 heterocycles. The van der Waals surface area contributed by atoms with Crippen LogP contribution in [0.15, 0.2) is 42.5 Å². The molecule has 0 aromatic heterocycles. The monoisotopic (exact) mass is 370 g/mol. The number of rotatable bonds is 8. The number of benzene rings is 2. The highest BCUT2D eigenvalue weighted by molar-refractivity contribution is 5.94. The normalized spacial score (nSPS) is 10.1. The lowest BCUT2D eigenvalue weighted by Crippen LogP contribution is -2.18. The Hall–Kier alpha value is -3.35. The molecule has 0 saturated heterocycles. The van der Waals surface area contributed by atoms with E-state index in [1.165, 1.54) is 0 Å². The second kappa shape index (κ2) is 9.38. The van der Waals surface area contributed by atoms with Gasteiger partial charge in [-0.3, -0.25) is 9.59 Å². The van der Waals surface area contributed by atoms with Gasteiger partial charge in [-0.05, 0) is 54.8 Å². The van der Waals surface area contributed by atoms with Crippen molar-refractivity contribution in [1.82, 2.24) is 5.32 Å². The SMILES string of the molecule is CNC(=O)c1cccc(CCC(=O)Nc2ccc(OCC(=O)O)cc2C)c1. The zero-order chi connectivity index (χ0) is 19.8. The number of carboxylic acid groups (broad SMARTS) is 1. The topological polar surface area (TPSA) is 105 Å². The zero-order valence-electron chi connectivity index (χ0n) is 15.2. The van der Waals surface area contributed by atoms with Crippen LogP contribution in [0.1, 0.15) is 27.9 Å². The smallest absolute Gasteiger partial charge is 0.341 e. The second-order valence-corrected chi connectivity index (χ2v) is 5.99. The number of aliphatic carboxylic acids is 1. The van der Waals surface area contributed by atoms with Crippen molar-refractivity contribution in [2.75, 3.05) is 19.0 Å². The quantitative estimate of drug-likeness (QED) is 0.662. The molecule has 2 rings (SSSR count). The molecule has 2 amide bonds. The number of carbonyl (C=O) groups is 3. The highest BCUT2D eigenvalue weighted by Gasteiger charge is 2.09. The summed E-state index contributed by atoms with van der Waals surface area (Å²) in [4.78, 5) is 34.4. The molecule has 0 unspecified atom stereocenters.